The number of benzene rings is 1. The number of nitrogens with two attached hydrogens (primary N) is 1. The van der Waals surface area contributed by atoms with E-state index in [4.69, 9.17) is 10.5 Å². The molecule has 100 valence electrons. The van der Waals surface area contributed by atoms with Crippen LogP contribution in [0.3, 0.4) is 0 Å². The fraction of sp³-hybridized carbons (Fsp3) is 0.0833. The Hall–Kier alpha value is -2.28. The van der Waals surface area contributed by atoms with Gasteiger partial charge in [-0.1, -0.05) is 12.1 Å². The summed E-state index contributed by atoms with van der Waals surface area (Å²) >= 11 is 0. The van der Waals surface area contributed by atoms with Gasteiger partial charge in [-0.25, -0.2) is 13.4 Å². The highest BCUT2D eigenvalue weighted by molar-refractivity contribution is 7.92. The van der Waals surface area contributed by atoms with Crippen LogP contribution in [-0.2, 0) is 10.0 Å². The second kappa shape index (κ2) is 5.15. The van der Waals surface area contributed by atoms with Gasteiger partial charge < -0.3 is 10.5 Å². The lowest BCUT2D eigenvalue weighted by atomic mass is 10.3. The van der Waals surface area contributed by atoms with Gasteiger partial charge in [-0.15, -0.1) is 0 Å². The average Bonchev–Trinajstić information content (AvgIpc) is 2.39. The van der Waals surface area contributed by atoms with Gasteiger partial charge in [-0.2, -0.15) is 0 Å². The van der Waals surface area contributed by atoms with E-state index < -0.39 is 10.0 Å². The summed E-state index contributed by atoms with van der Waals surface area (Å²) in [5.41, 5.74) is 5.78. The third kappa shape index (κ3) is 2.94. The number of nitrogens with one attached hydrogen (secondary N) is 1. The molecule has 0 aliphatic carbocycles. The fourth-order valence-electron chi connectivity index (χ4n) is 1.48. The van der Waals surface area contributed by atoms with Crippen LogP contribution < -0.4 is 15.2 Å². The van der Waals surface area contributed by atoms with E-state index in [1.807, 2.05) is 0 Å². The molecule has 0 unspecified atom stereocenters. The van der Waals surface area contributed by atoms with Crippen molar-refractivity contribution in [2.45, 2.75) is 4.90 Å². The van der Waals surface area contributed by atoms with Crippen LogP contribution in [0.25, 0.3) is 0 Å². The molecule has 0 atom stereocenters. The summed E-state index contributed by atoms with van der Waals surface area (Å²) in [5, 5.41) is 0. The molecule has 1 heterocycles. The number of anilines is 2. The fourth-order valence-corrected chi connectivity index (χ4v) is 2.50. The summed E-state index contributed by atoms with van der Waals surface area (Å²) in [6.45, 7) is 0. The van der Waals surface area contributed by atoms with Crippen molar-refractivity contribution in [3.63, 3.8) is 0 Å². The van der Waals surface area contributed by atoms with Crippen molar-refractivity contribution in [1.29, 1.82) is 0 Å². The van der Waals surface area contributed by atoms with Gasteiger partial charge in [0.25, 0.3) is 10.0 Å². The lowest BCUT2D eigenvalue weighted by molar-refractivity contribution is 0.417. The number of methoxy groups -OCH3 is 1. The summed E-state index contributed by atoms with van der Waals surface area (Å²) in [6, 6.07) is 9.56. The summed E-state index contributed by atoms with van der Waals surface area (Å²) in [4.78, 5) is 3.79. The average molecular weight is 279 g/mol. The quantitative estimate of drug-likeness (QED) is 0.883. The van der Waals surface area contributed by atoms with Crippen LogP contribution >= 0.6 is 0 Å². The molecule has 0 aliphatic heterocycles. The number of sulfonamides is 1. The van der Waals surface area contributed by atoms with Gasteiger partial charge in [-0.3, -0.25) is 4.72 Å². The molecule has 2 aromatic rings. The number of rotatable bonds is 4. The Kier molecular flexibility index (Phi) is 3.57. The molecule has 0 spiro atoms. The predicted molar refractivity (Wildman–Crippen MR) is 72.5 cm³/mol. The number of ether oxygens (including phenoxy) is 1. The molecule has 7 heteroatoms. The zero-order valence-corrected chi connectivity index (χ0v) is 11.0. The Morgan fingerprint density at radius 3 is 2.58 bits per heavy atom. The zero-order chi connectivity index (χ0) is 13.9. The van der Waals surface area contributed by atoms with Crippen molar-refractivity contribution in [3.05, 3.63) is 42.6 Å². The van der Waals surface area contributed by atoms with Gasteiger partial charge in [-0.05, 0) is 24.3 Å². The maximum absolute atomic E-state index is 12.1. The monoisotopic (exact) mass is 279 g/mol. The second-order valence-electron chi connectivity index (χ2n) is 3.72. The maximum atomic E-state index is 12.1. The van der Waals surface area contributed by atoms with Gasteiger partial charge in [0.15, 0.2) is 0 Å². The van der Waals surface area contributed by atoms with E-state index in [1.54, 1.807) is 24.3 Å². The molecule has 1 aromatic heterocycles. The van der Waals surface area contributed by atoms with Gasteiger partial charge in [0.2, 0.25) is 0 Å². The summed E-state index contributed by atoms with van der Waals surface area (Å²) in [7, 11) is -2.24. The molecule has 0 saturated heterocycles. The SMILES string of the molecule is COc1ccccc1NS(=O)(=O)c1ccc(N)nc1. The Morgan fingerprint density at radius 2 is 1.95 bits per heavy atom. The third-order valence-corrected chi connectivity index (χ3v) is 3.77. The van der Waals surface area contributed by atoms with Gasteiger partial charge in [0.1, 0.15) is 16.5 Å². The first kappa shape index (κ1) is 13.2. The molecule has 6 nitrogen and oxygen atoms in total. The standard InChI is InChI=1S/C12H13N3O3S/c1-18-11-5-3-2-4-10(11)15-19(16,17)9-6-7-12(13)14-8-9/h2-8,15H,1H3,(H2,13,14). The van der Waals surface area contributed by atoms with Crippen LogP contribution in [0.15, 0.2) is 47.5 Å². The topological polar surface area (TPSA) is 94.3 Å². The Labute approximate surface area is 111 Å². The Balaban J connectivity index is 2.34. The van der Waals surface area contributed by atoms with Gasteiger partial charge >= 0.3 is 0 Å². The van der Waals surface area contributed by atoms with Crippen molar-refractivity contribution in [2.75, 3.05) is 17.6 Å². The number of para-hydroxylation sites is 2. The molecule has 0 bridgehead atoms. The highest BCUT2D eigenvalue weighted by Gasteiger charge is 2.16. The lowest BCUT2D eigenvalue weighted by Crippen LogP contribution is -2.14. The van der Waals surface area contributed by atoms with E-state index in [0.29, 0.717) is 11.4 Å². The highest BCUT2D eigenvalue weighted by atomic mass is 32.2. The zero-order valence-electron chi connectivity index (χ0n) is 10.2. The number of aromatic nitrogens is 1. The Morgan fingerprint density at radius 1 is 1.21 bits per heavy atom. The normalized spacial score (nSPS) is 11.0. The molecule has 0 saturated carbocycles. The molecular weight excluding hydrogens is 266 g/mol. The first-order chi connectivity index (χ1) is 9.03. The van der Waals surface area contributed by atoms with Crippen molar-refractivity contribution in [3.8, 4) is 5.75 Å². The molecule has 1 aromatic carbocycles. The van der Waals surface area contributed by atoms with Crippen LogP contribution in [0, 0.1) is 0 Å². The van der Waals surface area contributed by atoms with Crippen molar-refractivity contribution in [1.82, 2.24) is 4.98 Å². The molecule has 0 fully saturated rings. The third-order valence-electron chi connectivity index (χ3n) is 2.42. The van der Waals surface area contributed by atoms with Crippen LogP contribution in [0.2, 0.25) is 0 Å². The number of pyridine rings is 1. The van der Waals surface area contributed by atoms with Crippen LogP contribution in [0.5, 0.6) is 5.75 Å². The van der Waals surface area contributed by atoms with E-state index in [9.17, 15) is 8.42 Å². The Bertz CT molecular complexity index is 669. The maximum Gasteiger partial charge on any atom is 0.263 e. The first-order valence-electron chi connectivity index (χ1n) is 5.40. The molecule has 0 amide bonds. The smallest absolute Gasteiger partial charge is 0.263 e. The number of nitrogens with zero attached hydrogens (tertiary/aromatic N) is 1. The lowest BCUT2D eigenvalue weighted by Gasteiger charge is -2.11. The summed E-state index contributed by atoms with van der Waals surface area (Å²) in [6.07, 6.45) is 1.20. The first-order valence-corrected chi connectivity index (χ1v) is 6.88. The van der Waals surface area contributed by atoms with Crippen molar-refractivity contribution >= 4 is 21.5 Å². The molecule has 3 N–H and O–H groups in total. The largest absolute Gasteiger partial charge is 0.495 e. The van der Waals surface area contributed by atoms with Gasteiger partial charge in [0.05, 0.1) is 12.8 Å². The van der Waals surface area contributed by atoms with Gasteiger partial charge in [0, 0.05) is 6.20 Å². The van der Waals surface area contributed by atoms with Crippen molar-refractivity contribution < 1.29 is 13.2 Å². The number of hydrogen-bond donors (Lipinski definition) is 2. The van der Waals surface area contributed by atoms with E-state index in [1.165, 1.54) is 25.4 Å². The predicted octanol–water partition coefficient (Wildman–Crippen LogP) is 1.47. The summed E-state index contributed by atoms with van der Waals surface area (Å²) in [5.74, 6) is 0.700. The second-order valence-corrected chi connectivity index (χ2v) is 5.41. The highest BCUT2D eigenvalue weighted by Crippen LogP contribution is 2.25. The molecular formula is C12H13N3O3S. The van der Waals surface area contributed by atoms with E-state index in [-0.39, 0.29) is 10.7 Å². The molecule has 0 radical (unpaired) electrons. The van der Waals surface area contributed by atoms with Crippen LogP contribution in [-0.4, -0.2) is 20.5 Å². The van der Waals surface area contributed by atoms with Crippen LogP contribution in [0.4, 0.5) is 11.5 Å². The molecule has 19 heavy (non-hydrogen) atoms. The van der Waals surface area contributed by atoms with E-state index in [0.717, 1.165) is 0 Å². The minimum absolute atomic E-state index is 0.0348. The van der Waals surface area contributed by atoms with Crippen LogP contribution in [0.1, 0.15) is 0 Å². The summed E-state index contributed by atoms with van der Waals surface area (Å²) < 4.78 is 31.8. The number of hydrogen-bond acceptors (Lipinski definition) is 5. The van der Waals surface area contributed by atoms with E-state index in [2.05, 4.69) is 9.71 Å². The minimum atomic E-state index is -3.71. The van der Waals surface area contributed by atoms with E-state index >= 15 is 0 Å². The minimum Gasteiger partial charge on any atom is -0.495 e. The molecule has 0 aliphatic rings. The number of nitrogen functional groups attached to an aromatic ring is 1. The molecule has 2 rings (SSSR count). The van der Waals surface area contributed by atoms with Crippen molar-refractivity contribution in [2.24, 2.45) is 0 Å².